The smallest absolute Gasteiger partial charge is 0.303 e. The molecule has 2 N–H and O–H groups in total. The number of aliphatic hydroxyl groups is 2. The van der Waals surface area contributed by atoms with Crippen LogP contribution in [0.25, 0.3) is 0 Å². The maximum Gasteiger partial charge on any atom is 0.303 e. The summed E-state index contributed by atoms with van der Waals surface area (Å²) in [5.74, 6) is -3.22. The number of allylic oxidation sites excluding steroid dienone is 1. The summed E-state index contributed by atoms with van der Waals surface area (Å²) in [7, 11) is 0. The van der Waals surface area contributed by atoms with E-state index in [9.17, 15) is 34.2 Å². The van der Waals surface area contributed by atoms with Crippen LogP contribution in [0.4, 0.5) is 0 Å². The van der Waals surface area contributed by atoms with Crippen molar-refractivity contribution in [3.63, 3.8) is 0 Å². The third-order valence-electron chi connectivity index (χ3n) is 12.2. The summed E-state index contributed by atoms with van der Waals surface area (Å²) in [6.07, 6.45) is 1.24. The molecule has 3 fully saturated rings. The topological polar surface area (TPSA) is 144 Å². The molecule has 0 saturated heterocycles. The SMILES string of the molecule is CC(=O)O[C@H]1C(=O)C[C@@H]2C(=CC[C@@H]3[C@@]2(C)C(=O)C[C@]2(C)[C@@H]([C@@](C)(O)C(=O)CCC(C)(C)OC(C)=O)[C@H](O)C[C@@]32C)C1(C)C. The zero-order valence-corrected chi connectivity index (χ0v) is 27.5. The molecule has 4 aliphatic rings. The zero-order chi connectivity index (χ0) is 32.7. The van der Waals surface area contributed by atoms with Crippen LogP contribution in [0.5, 0.6) is 0 Å². The van der Waals surface area contributed by atoms with Crippen LogP contribution < -0.4 is 0 Å². The highest BCUT2D eigenvalue weighted by atomic mass is 16.6. The van der Waals surface area contributed by atoms with Crippen molar-refractivity contribution >= 4 is 29.3 Å². The molecule has 0 bridgehead atoms. The fourth-order valence-corrected chi connectivity index (χ4v) is 10.0. The van der Waals surface area contributed by atoms with Crippen LogP contribution in [0.3, 0.4) is 0 Å². The lowest BCUT2D eigenvalue weighted by atomic mass is 9.38. The van der Waals surface area contributed by atoms with E-state index in [1.807, 2.05) is 27.7 Å². The van der Waals surface area contributed by atoms with Gasteiger partial charge >= 0.3 is 11.9 Å². The van der Waals surface area contributed by atoms with Crippen LogP contribution in [-0.4, -0.2) is 62.9 Å². The fourth-order valence-electron chi connectivity index (χ4n) is 10.0. The van der Waals surface area contributed by atoms with E-state index in [1.165, 1.54) is 20.8 Å². The van der Waals surface area contributed by atoms with E-state index < -0.39 is 68.7 Å². The van der Waals surface area contributed by atoms with Crippen molar-refractivity contribution in [2.24, 2.45) is 39.4 Å². The second-order valence-electron chi connectivity index (χ2n) is 15.8. The van der Waals surface area contributed by atoms with Crippen molar-refractivity contribution < 1.29 is 43.7 Å². The summed E-state index contributed by atoms with van der Waals surface area (Å²) in [6.45, 7) is 17.1. The molecule has 0 amide bonds. The largest absolute Gasteiger partial charge is 0.460 e. The van der Waals surface area contributed by atoms with Crippen LogP contribution in [0.2, 0.25) is 0 Å². The number of Topliss-reactive ketones (excluding diaryl/α,β-unsaturated/α-hetero) is 3. The number of rotatable bonds is 7. The summed E-state index contributed by atoms with van der Waals surface area (Å²) in [4.78, 5) is 64.8. The molecule has 4 aliphatic carbocycles. The van der Waals surface area contributed by atoms with Gasteiger partial charge in [-0.25, -0.2) is 0 Å². The van der Waals surface area contributed by atoms with E-state index in [0.29, 0.717) is 12.8 Å². The van der Waals surface area contributed by atoms with E-state index in [-0.39, 0.29) is 49.1 Å². The maximum atomic E-state index is 14.5. The zero-order valence-electron chi connectivity index (χ0n) is 27.5. The predicted octanol–water partition coefficient (Wildman–Crippen LogP) is 4.29. The number of hydrogen-bond donors (Lipinski definition) is 2. The molecule has 3 saturated carbocycles. The van der Waals surface area contributed by atoms with Crippen molar-refractivity contribution in [1.82, 2.24) is 0 Å². The second kappa shape index (κ2) is 10.3. The molecule has 0 unspecified atom stereocenters. The Hall–Kier alpha value is -2.39. The summed E-state index contributed by atoms with van der Waals surface area (Å²) < 4.78 is 10.8. The first kappa shape index (κ1) is 33.5. The fraction of sp³-hybridized carbons (Fsp3) is 0.794. The number of hydrogen-bond acceptors (Lipinski definition) is 9. The highest BCUT2D eigenvalue weighted by molar-refractivity contribution is 5.93. The average Bonchev–Trinajstić information content (AvgIpc) is 3.05. The molecule has 0 spiro atoms. The Morgan fingerprint density at radius 1 is 1.00 bits per heavy atom. The molecule has 9 atom stereocenters. The quantitative estimate of drug-likeness (QED) is 0.322. The minimum absolute atomic E-state index is 0.0408. The van der Waals surface area contributed by atoms with E-state index >= 15 is 0 Å². The van der Waals surface area contributed by atoms with E-state index in [1.54, 1.807) is 13.8 Å². The lowest BCUT2D eigenvalue weighted by molar-refractivity contribution is -0.186. The van der Waals surface area contributed by atoms with E-state index in [0.717, 1.165) is 5.57 Å². The molecule has 43 heavy (non-hydrogen) atoms. The Kier molecular flexibility index (Phi) is 8.05. The van der Waals surface area contributed by atoms with Gasteiger partial charge < -0.3 is 19.7 Å². The molecule has 0 aromatic carbocycles. The lowest BCUT2D eigenvalue weighted by Gasteiger charge is -2.64. The number of carbonyl (C=O) groups excluding carboxylic acids is 5. The molecule has 4 rings (SSSR count). The van der Waals surface area contributed by atoms with Gasteiger partial charge in [0.15, 0.2) is 17.7 Å². The Balaban J connectivity index is 1.70. The summed E-state index contributed by atoms with van der Waals surface area (Å²) in [6, 6.07) is 0. The molecular formula is C34H50O9. The predicted molar refractivity (Wildman–Crippen MR) is 157 cm³/mol. The van der Waals surface area contributed by atoms with E-state index in [2.05, 4.69) is 13.0 Å². The first-order valence-electron chi connectivity index (χ1n) is 15.5. The van der Waals surface area contributed by atoms with Crippen LogP contribution >= 0.6 is 0 Å². The average molecular weight is 603 g/mol. The lowest BCUT2D eigenvalue weighted by Crippen LogP contribution is -2.65. The van der Waals surface area contributed by atoms with Gasteiger partial charge in [-0.1, -0.05) is 46.3 Å². The highest BCUT2D eigenvalue weighted by Gasteiger charge is 2.74. The molecule has 0 aliphatic heterocycles. The van der Waals surface area contributed by atoms with Crippen molar-refractivity contribution in [3.05, 3.63) is 11.6 Å². The number of carbonyl (C=O) groups is 5. The monoisotopic (exact) mass is 602 g/mol. The summed E-state index contributed by atoms with van der Waals surface area (Å²) in [5.41, 5.74) is -5.12. The molecule has 240 valence electrons. The maximum absolute atomic E-state index is 14.5. The van der Waals surface area contributed by atoms with E-state index in [4.69, 9.17) is 9.47 Å². The van der Waals surface area contributed by atoms with Crippen LogP contribution in [0.1, 0.15) is 108 Å². The molecule has 9 nitrogen and oxygen atoms in total. The normalized spacial score (nSPS) is 39.9. The molecule has 9 heteroatoms. The van der Waals surface area contributed by atoms with Gasteiger partial charge in [0.05, 0.1) is 6.10 Å². The van der Waals surface area contributed by atoms with Gasteiger partial charge in [-0.05, 0) is 56.8 Å². The Morgan fingerprint density at radius 3 is 2.16 bits per heavy atom. The van der Waals surface area contributed by atoms with Gasteiger partial charge in [0, 0.05) is 55.8 Å². The molecule has 0 aromatic heterocycles. The number of ketones is 3. The number of fused-ring (bicyclic) bond motifs is 5. The molecule has 0 radical (unpaired) electrons. The minimum atomic E-state index is -1.93. The second-order valence-corrected chi connectivity index (χ2v) is 15.8. The Labute approximate surface area is 255 Å². The Morgan fingerprint density at radius 2 is 1.60 bits per heavy atom. The first-order chi connectivity index (χ1) is 19.5. The third kappa shape index (κ3) is 4.93. The van der Waals surface area contributed by atoms with Gasteiger partial charge in [-0.3, -0.25) is 24.0 Å². The van der Waals surface area contributed by atoms with Gasteiger partial charge in [0.1, 0.15) is 17.0 Å². The number of esters is 2. The highest BCUT2D eigenvalue weighted by Crippen LogP contribution is 2.74. The third-order valence-corrected chi connectivity index (χ3v) is 12.2. The Bertz CT molecular complexity index is 1270. The summed E-state index contributed by atoms with van der Waals surface area (Å²) in [5, 5.41) is 23.5. The van der Waals surface area contributed by atoms with Crippen molar-refractivity contribution in [2.75, 3.05) is 0 Å². The van der Waals surface area contributed by atoms with Gasteiger partial charge in [0.2, 0.25) is 0 Å². The van der Waals surface area contributed by atoms with Crippen molar-refractivity contribution in [1.29, 1.82) is 0 Å². The van der Waals surface area contributed by atoms with Crippen LogP contribution in [0.15, 0.2) is 11.6 Å². The molecular weight excluding hydrogens is 552 g/mol. The number of ether oxygens (including phenoxy) is 2. The number of aliphatic hydroxyl groups excluding tert-OH is 1. The minimum Gasteiger partial charge on any atom is -0.460 e. The van der Waals surface area contributed by atoms with Crippen LogP contribution in [-0.2, 0) is 33.4 Å². The van der Waals surface area contributed by atoms with Crippen molar-refractivity contribution in [3.8, 4) is 0 Å². The van der Waals surface area contributed by atoms with Gasteiger partial charge in [0.25, 0.3) is 0 Å². The van der Waals surface area contributed by atoms with Gasteiger partial charge in [-0.2, -0.15) is 0 Å². The standard InChI is InChI=1S/C34H50O9/c1-18(35)42-28-22(37)15-21-20(30(28,5)6)11-12-24-31(7)16-23(38)27(32(31,8)17-26(40)33(21,24)9)34(10,41)25(39)13-14-29(3,4)43-19(2)36/h11,21,23-24,27-28,38,41H,12-17H2,1-10H3/t21-,23-,24+,27+,28+,31+,32-,33+,34+/m1/s1. The van der Waals surface area contributed by atoms with Gasteiger partial charge in [-0.15, -0.1) is 0 Å². The molecule has 0 heterocycles. The first-order valence-corrected chi connectivity index (χ1v) is 15.5. The van der Waals surface area contributed by atoms with Crippen LogP contribution in [0, 0.1) is 39.4 Å². The van der Waals surface area contributed by atoms with Crippen molar-refractivity contribution in [2.45, 2.75) is 131 Å². The molecule has 0 aromatic rings. The summed E-state index contributed by atoms with van der Waals surface area (Å²) >= 11 is 0.